The van der Waals surface area contributed by atoms with Crippen LogP contribution in [-0.4, -0.2) is 19.7 Å². The van der Waals surface area contributed by atoms with E-state index < -0.39 is 0 Å². The summed E-state index contributed by atoms with van der Waals surface area (Å²) in [5.74, 6) is 0. The average molecular weight is 261 g/mol. The van der Waals surface area contributed by atoms with Gasteiger partial charge in [-0.15, -0.1) is 0 Å². The lowest BCUT2D eigenvalue weighted by Crippen LogP contribution is -2.30. The quantitative estimate of drug-likeness (QED) is 0.867. The van der Waals surface area contributed by atoms with Crippen LogP contribution in [0, 0.1) is 5.41 Å². The molecule has 0 aliphatic heterocycles. The van der Waals surface area contributed by atoms with Crippen molar-refractivity contribution in [1.82, 2.24) is 5.32 Å². The van der Waals surface area contributed by atoms with E-state index >= 15 is 0 Å². The van der Waals surface area contributed by atoms with Gasteiger partial charge < -0.3 is 10.1 Å². The lowest BCUT2D eigenvalue weighted by molar-refractivity contribution is -0.0454. The van der Waals surface area contributed by atoms with E-state index in [0.717, 1.165) is 6.54 Å². The van der Waals surface area contributed by atoms with Crippen LogP contribution in [0.1, 0.15) is 51.2 Å². The van der Waals surface area contributed by atoms with Crippen LogP contribution in [0.25, 0.3) is 0 Å². The standard InChI is InChI=1S/C17H27NO/c1-17(2)11-9-15(10-12-17)19-16(13-18-3)14-7-5-4-6-8-14/h4-8,15-16,18H,9-13H2,1-3H3. The van der Waals surface area contributed by atoms with Gasteiger partial charge in [-0.2, -0.15) is 0 Å². The fraction of sp³-hybridized carbons (Fsp3) is 0.647. The molecule has 1 aliphatic rings. The highest BCUT2D eigenvalue weighted by atomic mass is 16.5. The molecule has 1 aromatic carbocycles. The third-order valence-electron chi connectivity index (χ3n) is 4.20. The zero-order chi connectivity index (χ0) is 13.7. The first kappa shape index (κ1) is 14.5. The molecule has 1 aliphatic carbocycles. The van der Waals surface area contributed by atoms with Gasteiger partial charge in [0, 0.05) is 6.54 Å². The maximum Gasteiger partial charge on any atom is 0.0952 e. The molecule has 1 fully saturated rings. The summed E-state index contributed by atoms with van der Waals surface area (Å²) in [4.78, 5) is 0. The van der Waals surface area contributed by atoms with E-state index in [1.165, 1.54) is 31.2 Å². The first-order valence-corrected chi connectivity index (χ1v) is 7.46. The topological polar surface area (TPSA) is 21.3 Å². The van der Waals surface area contributed by atoms with Crippen molar-refractivity contribution in [1.29, 1.82) is 0 Å². The minimum absolute atomic E-state index is 0.178. The second-order valence-electron chi connectivity index (χ2n) is 6.46. The molecule has 0 bridgehead atoms. The molecular weight excluding hydrogens is 234 g/mol. The highest BCUT2D eigenvalue weighted by molar-refractivity contribution is 5.18. The summed E-state index contributed by atoms with van der Waals surface area (Å²) in [5.41, 5.74) is 1.78. The number of benzene rings is 1. The number of likely N-dealkylation sites (N-methyl/N-ethyl adjacent to an activating group) is 1. The summed E-state index contributed by atoms with van der Waals surface area (Å²) in [6.45, 7) is 5.61. The molecule has 0 amide bonds. The summed E-state index contributed by atoms with van der Waals surface area (Å²) >= 11 is 0. The maximum absolute atomic E-state index is 6.35. The molecule has 0 spiro atoms. The number of rotatable bonds is 5. The molecule has 1 N–H and O–H groups in total. The Morgan fingerprint density at radius 2 is 1.84 bits per heavy atom. The van der Waals surface area contributed by atoms with Crippen molar-refractivity contribution in [3.63, 3.8) is 0 Å². The van der Waals surface area contributed by atoms with Crippen LogP contribution >= 0.6 is 0 Å². The Morgan fingerprint density at radius 1 is 1.21 bits per heavy atom. The molecule has 106 valence electrons. The maximum atomic E-state index is 6.35. The number of hydrogen-bond donors (Lipinski definition) is 1. The molecule has 1 unspecified atom stereocenters. The zero-order valence-electron chi connectivity index (χ0n) is 12.5. The van der Waals surface area contributed by atoms with Gasteiger partial charge in [-0.25, -0.2) is 0 Å². The summed E-state index contributed by atoms with van der Waals surface area (Å²) in [6.07, 6.45) is 5.54. The van der Waals surface area contributed by atoms with E-state index in [0.29, 0.717) is 11.5 Å². The Kier molecular flexibility index (Phi) is 5.00. The molecular formula is C17H27NO. The Hall–Kier alpha value is -0.860. The first-order chi connectivity index (χ1) is 9.11. The minimum atomic E-state index is 0.178. The molecule has 1 atom stereocenters. The summed E-state index contributed by atoms with van der Waals surface area (Å²) in [5, 5.41) is 3.25. The highest BCUT2D eigenvalue weighted by Crippen LogP contribution is 2.37. The molecule has 2 nitrogen and oxygen atoms in total. The fourth-order valence-electron chi connectivity index (χ4n) is 2.84. The molecule has 0 aromatic heterocycles. The van der Waals surface area contributed by atoms with Gasteiger partial charge in [0.15, 0.2) is 0 Å². The molecule has 0 heterocycles. The van der Waals surface area contributed by atoms with Crippen LogP contribution in [0.3, 0.4) is 0 Å². The van der Waals surface area contributed by atoms with Crippen LogP contribution in [-0.2, 0) is 4.74 Å². The van der Waals surface area contributed by atoms with Crippen LogP contribution < -0.4 is 5.32 Å². The second-order valence-corrected chi connectivity index (χ2v) is 6.46. The lowest BCUT2D eigenvalue weighted by atomic mass is 9.76. The monoisotopic (exact) mass is 261 g/mol. The Labute approximate surface area is 117 Å². The molecule has 2 heteroatoms. The average Bonchev–Trinajstić information content (AvgIpc) is 2.41. The Balaban J connectivity index is 1.94. The molecule has 1 aromatic rings. The van der Waals surface area contributed by atoms with Gasteiger partial charge in [0.25, 0.3) is 0 Å². The normalized spacial score (nSPS) is 21.2. The first-order valence-electron chi connectivity index (χ1n) is 7.46. The highest BCUT2D eigenvalue weighted by Gasteiger charge is 2.28. The van der Waals surface area contributed by atoms with E-state index in [4.69, 9.17) is 4.74 Å². The molecule has 0 saturated heterocycles. The van der Waals surface area contributed by atoms with Crippen LogP contribution in [0.15, 0.2) is 30.3 Å². The Bertz CT molecular complexity index is 364. The Morgan fingerprint density at radius 3 is 2.42 bits per heavy atom. The van der Waals surface area contributed by atoms with E-state index in [1.54, 1.807) is 0 Å². The summed E-state index contributed by atoms with van der Waals surface area (Å²) < 4.78 is 6.35. The van der Waals surface area contributed by atoms with Crippen molar-refractivity contribution < 1.29 is 4.74 Å². The summed E-state index contributed by atoms with van der Waals surface area (Å²) in [7, 11) is 1.99. The predicted octanol–water partition coefficient (Wildman–Crippen LogP) is 3.93. The third-order valence-corrected chi connectivity index (χ3v) is 4.20. The number of hydrogen-bond acceptors (Lipinski definition) is 2. The van der Waals surface area contributed by atoms with E-state index in [2.05, 4.69) is 49.5 Å². The van der Waals surface area contributed by atoms with Gasteiger partial charge in [-0.05, 0) is 43.7 Å². The van der Waals surface area contributed by atoms with E-state index in [1.807, 2.05) is 7.05 Å². The molecule has 2 rings (SSSR count). The second kappa shape index (κ2) is 6.53. The van der Waals surface area contributed by atoms with Crippen molar-refractivity contribution in [2.75, 3.05) is 13.6 Å². The fourth-order valence-corrected chi connectivity index (χ4v) is 2.84. The van der Waals surface area contributed by atoms with Crippen LogP contribution in [0.5, 0.6) is 0 Å². The molecule has 19 heavy (non-hydrogen) atoms. The molecule has 0 radical (unpaired) electrons. The largest absolute Gasteiger partial charge is 0.369 e. The van der Waals surface area contributed by atoms with Crippen molar-refractivity contribution in [2.45, 2.75) is 51.7 Å². The van der Waals surface area contributed by atoms with E-state index in [-0.39, 0.29) is 6.10 Å². The lowest BCUT2D eigenvalue weighted by Gasteiger charge is -2.36. The van der Waals surface area contributed by atoms with E-state index in [9.17, 15) is 0 Å². The molecule has 1 saturated carbocycles. The van der Waals surface area contributed by atoms with Crippen LogP contribution in [0.2, 0.25) is 0 Å². The smallest absolute Gasteiger partial charge is 0.0952 e. The zero-order valence-corrected chi connectivity index (χ0v) is 12.5. The number of nitrogens with one attached hydrogen (secondary N) is 1. The number of ether oxygens (including phenoxy) is 1. The third kappa shape index (κ3) is 4.32. The summed E-state index contributed by atoms with van der Waals surface area (Å²) in [6, 6.07) is 10.6. The van der Waals surface area contributed by atoms with Crippen molar-refractivity contribution >= 4 is 0 Å². The van der Waals surface area contributed by atoms with Gasteiger partial charge in [-0.3, -0.25) is 0 Å². The minimum Gasteiger partial charge on any atom is -0.369 e. The van der Waals surface area contributed by atoms with Crippen molar-refractivity contribution in [3.8, 4) is 0 Å². The van der Waals surface area contributed by atoms with Gasteiger partial charge in [0.1, 0.15) is 0 Å². The van der Waals surface area contributed by atoms with Gasteiger partial charge in [-0.1, -0.05) is 44.2 Å². The predicted molar refractivity (Wildman–Crippen MR) is 80.2 cm³/mol. The van der Waals surface area contributed by atoms with Crippen molar-refractivity contribution in [2.24, 2.45) is 5.41 Å². The van der Waals surface area contributed by atoms with Crippen LogP contribution in [0.4, 0.5) is 0 Å². The van der Waals surface area contributed by atoms with Crippen molar-refractivity contribution in [3.05, 3.63) is 35.9 Å². The van der Waals surface area contributed by atoms with Gasteiger partial charge in [0.2, 0.25) is 0 Å². The van der Waals surface area contributed by atoms with Gasteiger partial charge >= 0.3 is 0 Å². The SMILES string of the molecule is CNCC(OC1CCC(C)(C)CC1)c1ccccc1. The van der Waals surface area contributed by atoms with Gasteiger partial charge in [0.05, 0.1) is 12.2 Å².